The van der Waals surface area contributed by atoms with E-state index in [1.54, 1.807) is 11.8 Å². The molecule has 1 unspecified atom stereocenters. The molecule has 7 heteroatoms. The number of aromatic nitrogens is 2. The molecule has 1 heterocycles. The second kappa shape index (κ2) is 5.50. The maximum Gasteiger partial charge on any atom is 0.320 e. The molecule has 1 saturated carbocycles. The standard InChI is InChI=1S/C10H15N3O3S/c11-7(10(14)15)3-4-17-5-8-12-9(13-16-8)6-1-2-6/h6-7H,1-5,11H2,(H,14,15). The zero-order chi connectivity index (χ0) is 12.3. The zero-order valence-electron chi connectivity index (χ0n) is 9.33. The van der Waals surface area contributed by atoms with Crippen molar-refractivity contribution in [2.24, 2.45) is 5.73 Å². The lowest BCUT2D eigenvalue weighted by Crippen LogP contribution is -2.30. The van der Waals surface area contributed by atoms with Crippen LogP contribution < -0.4 is 5.73 Å². The molecular formula is C10H15N3O3S. The minimum absolute atomic E-state index is 0.448. The van der Waals surface area contributed by atoms with E-state index in [1.165, 1.54) is 0 Å². The van der Waals surface area contributed by atoms with Crippen molar-refractivity contribution in [1.29, 1.82) is 0 Å². The molecule has 0 bridgehead atoms. The van der Waals surface area contributed by atoms with Gasteiger partial charge in [-0.05, 0) is 25.0 Å². The van der Waals surface area contributed by atoms with E-state index in [4.69, 9.17) is 15.4 Å². The summed E-state index contributed by atoms with van der Waals surface area (Å²) in [6.07, 6.45) is 2.75. The lowest BCUT2D eigenvalue weighted by atomic mass is 10.2. The fraction of sp³-hybridized carbons (Fsp3) is 0.700. The summed E-state index contributed by atoms with van der Waals surface area (Å²) < 4.78 is 5.09. The summed E-state index contributed by atoms with van der Waals surface area (Å²) in [5.74, 6) is 2.25. The number of hydrogen-bond donors (Lipinski definition) is 2. The molecule has 17 heavy (non-hydrogen) atoms. The topological polar surface area (TPSA) is 102 Å². The van der Waals surface area contributed by atoms with Crippen molar-refractivity contribution < 1.29 is 14.4 Å². The number of nitrogens with zero attached hydrogens (tertiary/aromatic N) is 2. The molecule has 6 nitrogen and oxygen atoms in total. The van der Waals surface area contributed by atoms with Crippen molar-refractivity contribution in [2.75, 3.05) is 5.75 Å². The molecule has 0 aromatic carbocycles. The average molecular weight is 257 g/mol. The van der Waals surface area contributed by atoms with Gasteiger partial charge in [-0.2, -0.15) is 16.7 Å². The minimum atomic E-state index is -0.959. The van der Waals surface area contributed by atoms with Crippen LogP contribution in [-0.4, -0.2) is 33.0 Å². The number of hydrogen-bond acceptors (Lipinski definition) is 6. The van der Waals surface area contributed by atoms with Gasteiger partial charge < -0.3 is 15.4 Å². The van der Waals surface area contributed by atoms with Crippen molar-refractivity contribution in [3.63, 3.8) is 0 Å². The third-order valence-corrected chi connectivity index (χ3v) is 3.52. The highest BCUT2D eigenvalue weighted by molar-refractivity contribution is 7.98. The van der Waals surface area contributed by atoms with E-state index in [9.17, 15) is 4.79 Å². The monoisotopic (exact) mass is 257 g/mol. The van der Waals surface area contributed by atoms with Gasteiger partial charge in [-0.1, -0.05) is 5.16 Å². The Bertz CT molecular complexity index is 392. The first-order chi connectivity index (χ1) is 8.16. The molecule has 1 atom stereocenters. The minimum Gasteiger partial charge on any atom is -0.480 e. The van der Waals surface area contributed by atoms with E-state index in [2.05, 4.69) is 10.1 Å². The summed E-state index contributed by atoms with van der Waals surface area (Å²) in [6.45, 7) is 0. The first-order valence-electron chi connectivity index (χ1n) is 5.55. The fourth-order valence-corrected chi connectivity index (χ4v) is 2.18. The summed E-state index contributed by atoms with van der Waals surface area (Å²) in [6, 6.07) is -0.785. The highest BCUT2D eigenvalue weighted by atomic mass is 32.2. The highest BCUT2D eigenvalue weighted by Gasteiger charge is 2.28. The summed E-state index contributed by atoms with van der Waals surface area (Å²) in [7, 11) is 0. The molecule has 2 rings (SSSR count). The third kappa shape index (κ3) is 3.71. The van der Waals surface area contributed by atoms with Gasteiger partial charge in [0.25, 0.3) is 0 Å². The lowest BCUT2D eigenvalue weighted by Gasteiger charge is -2.03. The smallest absolute Gasteiger partial charge is 0.320 e. The van der Waals surface area contributed by atoms with Crippen LogP contribution in [0.3, 0.4) is 0 Å². The quantitative estimate of drug-likeness (QED) is 0.702. The van der Waals surface area contributed by atoms with Crippen LogP contribution in [0.1, 0.15) is 36.9 Å². The van der Waals surface area contributed by atoms with Crippen LogP contribution in [-0.2, 0) is 10.5 Å². The number of carbonyl (C=O) groups is 1. The van der Waals surface area contributed by atoms with Crippen LogP contribution in [0.25, 0.3) is 0 Å². The van der Waals surface area contributed by atoms with Gasteiger partial charge >= 0.3 is 5.97 Å². The van der Waals surface area contributed by atoms with Crippen molar-refractivity contribution in [2.45, 2.75) is 37.0 Å². The second-order valence-electron chi connectivity index (χ2n) is 4.11. The van der Waals surface area contributed by atoms with Crippen LogP contribution in [0.4, 0.5) is 0 Å². The molecule has 1 aliphatic carbocycles. The zero-order valence-corrected chi connectivity index (χ0v) is 10.2. The Hall–Kier alpha value is -1.08. The molecular weight excluding hydrogens is 242 g/mol. The summed E-state index contributed by atoms with van der Waals surface area (Å²) in [4.78, 5) is 14.8. The van der Waals surface area contributed by atoms with Gasteiger partial charge in [0.05, 0.1) is 5.75 Å². The Morgan fingerprint density at radius 1 is 1.65 bits per heavy atom. The van der Waals surface area contributed by atoms with Crippen molar-refractivity contribution in [1.82, 2.24) is 10.1 Å². The summed E-state index contributed by atoms with van der Waals surface area (Å²) >= 11 is 1.56. The van der Waals surface area contributed by atoms with Gasteiger partial charge in [0.15, 0.2) is 5.82 Å². The number of rotatable bonds is 7. The van der Waals surface area contributed by atoms with E-state index in [-0.39, 0.29) is 0 Å². The van der Waals surface area contributed by atoms with E-state index >= 15 is 0 Å². The van der Waals surface area contributed by atoms with Crippen LogP contribution in [0.2, 0.25) is 0 Å². The molecule has 3 N–H and O–H groups in total. The summed E-state index contributed by atoms with van der Waals surface area (Å²) in [5, 5.41) is 12.5. The van der Waals surface area contributed by atoms with E-state index in [1.807, 2.05) is 0 Å². The van der Waals surface area contributed by atoms with E-state index in [0.29, 0.717) is 29.7 Å². The number of carboxylic acids is 1. The number of carboxylic acid groups (broad SMARTS) is 1. The predicted molar refractivity (Wildman–Crippen MR) is 62.7 cm³/mol. The molecule has 0 saturated heterocycles. The SMILES string of the molecule is NC(CCSCc1nc(C2CC2)no1)C(=O)O. The molecule has 1 aromatic rings. The van der Waals surface area contributed by atoms with Gasteiger partial charge in [-0.3, -0.25) is 4.79 Å². The molecule has 0 aliphatic heterocycles. The maximum absolute atomic E-state index is 10.5. The van der Waals surface area contributed by atoms with E-state index in [0.717, 1.165) is 18.7 Å². The number of thioether (sulfide) groups is 1. The Labute approximate surface area is 103 Å². The maximum atomic E-state index is 10.5. The lowest BCUT2D eigenvalue weighted by molar-refractivity contribution is -0.138. The molecule has 0 amide bonds. The van der Waals surface area contributed by atoms with Crippen molar-refractivity contribution in [3.05, 3.63) is 11.7 Å². The van der Waals surface area contributed by atoms with Gasteiger partial charge in [-0.25, -0.2) is 0 Å². The van der Waals surface area contributed by atoms with Crippen LogP contribution in [0.15, 0.2) is 4.52 Å². The van der Waals surface area contributed by atoms with Crippen molar-refractivity contribution >= 4 is 17.7 Å². The largest absolute Gasteiger partial charge is 0.480 e. The van der Waals surface area contributed by atoms with E-state index < -0.39 is 12.0 Å². The Balaban J connectivity index is 1.65. The van der Waals surface area contributed by atoms with Crippen LogP contribution in [0, 0.1) is 0 Å². The fourth-order valence-electron chi connectivity index (χ4n) is 1.33. The molecule has 1 aliphatic rings. The molecule has 0 spiro atoms. The first-order valence-corrected chi connectivity index (χ1v) is 6.71. The van der Waals surface area contributed by atoms with Gasteiger partial charge in [-0.15, -0.1) is 0 Å². The number of nitrogens with two attached hydrogens (primary N) is 1. The van der Waals surface area contributed by atoms with Crippen LogP contribution >= 0.6 is 11.8 Å². The Kier molecular flexibility index (Phi) is 4.01. The summed E-state index contributed by atoms with van der Waals surface area (Å²) in [5.41, 5.74) is 5.38. The second-order valence-corrected chi connectivity index (χ2v) is 5.21. The Morgan fingerprint density at radius 3 is 3.06 bits per heavy atom. The highest BCUT2D eigenvalue weighted by Crippen LogP contribution is 2.38. The van der Waals surface area contributed by atoms with Gasteiger partial charge in [0.1, 0.15) is 6.04 Å². The Morgan fingerprint density at radius 2 is 2.41 bits per heavy atom. The number of aliphatic carboxylic acids is 1. The molecule has 94 valence electrons. The molecule has 1 fully saturated rings. The van der Waals surface area contributed by atoms with Gasteiger partial charge in [0.2, 0.25) is 5.89 Å². The molecule has 1 aromatic heterocycles. The third-order valence-electron chi connectivity index (χ3n) is 2.54. The first kappa shape index (κ1) is 12.4. The van der Waals surface area contributed by atoms with Crippen LogP contribution in [0.5, 0.6) is 0 Å². The molecule has 0 radical (unpaired) electrons. The average Bonchev–Trinajstić information content (AvgIpc) is 3.04. The van der Waals surface area contributed by atoms with Crippen molar-refractivity contribution in [3.8, 4) is 0 Å². The normalized spacial score (nSPS) is 17.0. The van der Waals surface area contributed by atoms with Gasteiger partial charge in [0, 0.05) is 5.92 Å². The predicted octanol–water partition coefficient (Wildman–Crippen LogP) is 0.982.